The number of anilines is 1. The Balaban J connectivity index is 1.71. The molecule has 2 aromatic rings. The van der Waals surface area contributed by atoms with Crippen LogP contribution in [-0.4, -0.2) is 31.1 Å². The van der Waals surface area contributed by atoms with Crippen LogP contribution in [0.4, 0.5) is 5.69 Å². The third-order valence-electron chi connectivity index (χ3n) is 4.37. The summed E-state index contributed by atoms with van der Waals surface area (Å²) >= 11 is 0. The lowest BCUT2D eigenvalue weighted by Gasteiger charge is -2.13. The molecule has 0 aromatic heterocycles. The van der Waals surface area contributed by atoms with E-state index in [1.807, 2.05) is 30.3 Å². The number of ether oxygens (including phenoxy) is 1. The molecule has 0 bridgehead atoms. The number of hydrogen-bond acceptors (Lipinski definition) is 3. The molecule has 1 heterocycles. The van der Waals surface area contributed by atoms with E-state index in [1.54, 1.807) is 12.1 Å². The average molecular weight is 351 g/mol. The molecule has 5 nitrogen and oxygen atoms in total. The van der Waals surface area contributed by atoms with Crippen LogP contribution in [0.5, 0.6) is 0 Å². The van der Waals surface area contributed by atoms with Crippen LogP contribution in [-0.2, 0) is 11.2 Å². The van der Waals surface area contributed by atoms with Gasteiger partial charge in [0, 0.05) is 17.9 Å². The van der Waals surface area contributed by atoms with E-state index in [2.05, 4.69) is 34.7 Å². The zero-order chi connectivity index (χ0) is 18.2. The SMILES string of the molecule is CCc1ccc(NC(=NC[C@@H]2CCCO2)NC(=O)c2ccccc2)cc1. The summed E-state index contributed by atoms with van der Waals surface area (Å²) < 4.78 is 5.63. The summed E-state index contributed by atoms with van der Waals surface area (Å²) in [5.74, 6) is 0.257. The number of aliphatic imine (C=N–C) groups is 1. The maximum absolute atomic E-state index is 12.5. The standard InChI is InChI=1S/C21H25N3O2/c1-2-16-10-12-18(13-11-16)23-21(22-15-19-9-6-14-26-19)24-20(25)17-7-4-3-5-8-17/h3-5,7-8,10-13,19H,2,6,9,14-15H2,1H3,(H2,22,23,24,25)/t19-/m0/s1. The van der Waals surface area contributed by atoms with Crippen molar-refractivity contribution < 1.29 is 9.53 Å². The Hall–Kier alpha value is -2.66. The van der Waals surface area contributed by atoms with Crippen LogP contribution in [0.1, 0.15) is 35.7 Å². The minimum Gasteiger partial charge on any atom is -0.376 e. The van der Waals surface area contributed by atoms with Gasteiger partial charge in [0.15, 0.2) is 0 Å². The van der Waals surface area contributed by atoms with E-state index in [-0.39, 0.29) is 12.0 Å². The van der Waals surface area contributed by atoms with E-state index in [0.717, 1.165) is 31.6 Å². The first-order chi connectivity index (χ1) is 12.7. The normalized spacial score (nSPS) is 17.1. The zero-order valence-electron chi connectivity index (χ0n) is 15.1. The van der Waals surface area contributed by atoms with Crippen molar-refractivity contribution in [1.82, 2.24) is 5.32 Å². The fourth-order valence-electron chi connectivity index (χ4n) is 2.82. The van der Waals surface area contributed by atoms with Crippen molar-refractivity contribution in [2.45, 2.75) is 32.3 Å². The van der Waals surface area contributed by atoms with Crippen LogP contribution in [0.3, 0.4) is 0 Å². The first kappa shape index (κ1) is 18.1. The molecular weight excluding hydrogens is 326 g/mol. The molecule has 1 aliphatic heterocycles. The fraction of sp³-hybridized carbons (Fsp3) is 0.333. The van der Waals surface area contributed by atoms with Crippen molar-refractivity contribution in [3.05, 3.63) is 65.7 Å². The van der Waals surface area contributed by atoms with Gasteiger partial charge in [-0.15, -0.1) is 0 Å². The van der Waals surface area contributed by atoms with Gasteiger partial charge in [0.2, 0.25) is 5.96 Å². The lowest BCUT2D eigenvalue weighted by Crippen LogP contribution is -2.36. The highest BCUT2D eigenvalue weighted by Crippen LogP contribution is 2.13. The third kappa shape index (κ3) is 5.17. The Morgan fingerprint density at radius 1 is 1.15 bits per heavy atom. The third-order valence-corrected chi connectivity index (χ3v) is 4.37. The van der Waals surface area contributed by atoms with Gasteiger partial charge in [-0.1, -0.05) is 37.3 Å². The van der Waals surface area contributed by atoms with Gasteiger partial charge in [-0.25, -0.2) is 4.99 Å². The molecule has 2 aromatic carbocycles. The molecule has 0 unspecified atom stereocenters. The minimum absolute atomic E-state index is 0.128. The Bertz CT molecular complexity index is 736. The lowest BCUT2D eigenvalue weighted by atomic mass is 10.1. The summed E-state index contributed by atoms with van der Waals surface area (Å²) in [5.41, 5.74) is 2.75. The highest BCUT2D eigenvalue weighted by Gasteiger charge is 2.16. The second-order valence-corrected chi connectivity index (χ2v) is 6.32. The lowest BCUT2D eigenvalue weighted by molar-refractivity contribution is 0.0975. The van der Waals surface area contributed by atoms with E-state index in [0.29, 0.717) is 18.1 Å². The number of carbonyl (C=O) groups excluding carboxylic acids is 1. The van der Waals surface area contributed by atoms with Gasteiger partial charge in [0.25, 0.3) is 5.91 Å². The summed E-state index contributed by atoms with van der Waals surface area (Å²) in [6.07, 6.45) is 3.19. The van der Waals surface area contributed by atoms with Crippen LogP contribution in [0.15, 0.2) is 59.6 Å². The van der Waals surface area contributed by atoms with E-state index in [1.165, 1.54) is 5.56 Å². The zero-order valence-corrected chi connectivity index (χ0v) is 15.1. The molecule has 5 heteroatoms. The van der Waals surface area contributed by atoms with Crippen molar-refractivity contribution in [2.75, 3.05) is 18.5 Å². The van der Waals surface area contributed by atoms with E-state index in [4.69, 9.17) is 4.74 Å². The number of benzene rings is 2. The highest BCUT2D eigenvalue weighted by atomic mass is 16.5. The number of nitrogens with zero attached hydrogens (tertiary/aromatic N) is 1. The van der Waals surface area contributed by atoms with Gasteiger partial charge in [0.05, 0.1) is 12.6 Å². The number of guanidine groups is 1. The molecule has 1 fully saturated rings. The maximum atomic E-state index is 12.5. The predicted molar refractivity (Wildman–Crippen MR) is 105 cm³/mol. The summed E-state index contributed by atoms with van der Waals surface area (Å²) in [6, 6.07) is 17.3. The first-order valence-corrected chi connectivity index (χ1v) is 9.13. The Labute approximate surface area is 154 Å². The smallest absolute Gasteiger partial charge is 0.257 e. The van der Waals surface area contributed by atoms with Crippen LogP contribution < -0.4 is 10.6 Å². The number of carbonyl (C=O) groups is 1. The van der Waals surface area contributed by atoms with Crippen LogP contribution >= 0.6 is 0 Å². The minimum atomic E-state index is -0.186. The van der Waals surface area contributed by atoms with Gasteiger partial charge < -0.3 is 10.1 Å². The van der Waals surface area contributed by atoms with E-state index >= 15 is 0 Å². The predicted octanol–water partition coefficient (Wildman–Crippen LogP) is 3.63. The van der Waals surface area contributed by atoms with Gasteiger partial charge in [0.1, 0.15) is 0 Å². The van der Waals surface area contributed by atoms with Crippen molar-refractivity contribution >= 4 is 17.6 Å². The summed E-state index contributed by atoms with van der Waals surface area (Å²) in [5, 5.41) is 6.10. The Kier molecular flexibility index (Phi) is 6.39. The molecule has 26 heavy (non-hydrogen) atoms. The second-order valence-electron chi connectivity index (χ2n) is 6.32. The molecule has 0 aliphatic carbocycles. The average Bonchev–Trinajstić information content (AvgIpc) is 3.21. The van der Waals surface area contributed by atoms with Crippen LogP contribution in [0.2, 0.25) is 0 Å². The summed E-state index contributed by atoms with van der Waals surface area (Å²) in [6.45, 7) is 3.44. The molecular formula is C21H25N3O2. The first-order valence-electron chi connectivity index (χ1n) is 9.13. The van der Waals surface area contributed by atoms with Gasteiger partial charge >= 0.3 is 0 Å². The van der Waals surface area contributed by atoms with Crippen molar-refractivity contribution in [2.24, 2.45) is 4.99 Å². The molecule has 1 saturated heterocycles. The second kappa shape index (κ2) is 9.15. The fourth-order valence-corrected chi connectivity index (χ4v) is 2.82. The largest absolute Gasteiger partial charge is 0.376 e. The Morgan fingerprint density at radius 2 is 1.92 bits per heavy atom. The van der Waals surface area contributed by atoms with Crippen molar-refractivity contribution in [3.63, 3.8) is 0 Å². The molecule has 1 aliphatic rings. The molecule has 1 atom stereocenters. The number of rotatable bonds is 5. The van der Waals surface area contributed by atoms with E-state index < -0.39 is 0 Å². The molecule has 136 valence electrons. The van der Waals surface area contributed by atoms with Crippen LogP contribution in [0, 0.1) is 0 Å². The molecule has 1 amide bonds. The van der Waals surface area contributed by atoms with Gasteiger partial charge in [-0.3, -0.25) is 10.1 Å². The quantitative estimate of drug-likeness (QED) is 0.639. The summed E-state index contributed by atoms with van der Waals surface area (Å²) in [4.78, 5) is 17.0. The topological polar surface area (TPSA) is 62.7 Å². The van der Waals surface area contributed by atoms with Crippen molar-refractivity contribution in [1.29, 1.82) is 0 Å². The molecule has 0 saturated carbocycles. The molecule has 0 spiro atoms. The molecule has 2 N–H and O–H groups in total. The van der Waals surface area contributed by atoms with E-state index in [9.17, 15) is 4.79 Å². The number of hydrogen-bond donors (Lipinski definition) is 2. The monoisotopic (exact) mass is 351 g/mol. The summed E-state index contributed by atoms with van der Waals surface area (Å²) in [7, 11) is 0. The maximum Gasteiger partial charge on any atom is 0.257 e. The van der Waals surface area contributed by atoms with Gasteiger partial charge in [-0.2, -0.15) is 0 Å². The number of nitrogens with one attached hydrogen (secondary N) is 2. The van der Waals surface area contributed by atoms with Crippen molar-refractivity contribution in [3.8, 4) is 0 Å². The van der Waals surface area contributed by atoms with Crippen LogP contribution in [0.25, 0.3) is 0 Å². The Morgan fingerprint density at radius 3 is 2.58 bits per heavy atom. The highest BCUT2D eigenvalue weighted by molar-refractivity contribution is 6.09. The number of aryl methyl sites for hydroxylation is 1. The molecule has 3 rings (SSSR count). The number of amides is 1. The van der Waals surface area contributed by atoms with Gasteiger partial charge in [-0.05, 0) is 49.1 Å². The molecule has 0 radical (unpaired) electrons.